The Balaban J connectivity index is 1.45. The molecule has 0 radical (unpaired) electrons. The zero-order valence-corrected chi connectivity index (χ0v) is 23.6. The Morgan fingerprint density at radius 3 is 2.45 bits per heavy atom. The maximum atomic E-state index is 14.8. The number of carbonyl (C=O) groups is 1. The molecular weight excluding hydrogens is 528 g/mol. The largest absolute Gasteiger partial charge is 0.497 e. The molecule has 4 aromatic carbocycles. The first-order valence-corrected chi connectivity index (χ1v) is 14.2. The Hall–Kier alpha value is -4.62. The number of methoxy groups -OCH3 is 1. The Morgan fingerprint density at radius 1 is 0.929 bits per heavy atom. The number of ether oxygens (including phenoxy) is 3. The van der Waals surface area contributed by atoms with Crippen LogP contribution in [0.3, 0.4) is 0 Å². The fourth-order valence-electron chi connectivity index (χ4n) is 5.73. The van der Waals surface area contributed by atoms with Gasteiger partial charge in [-0.2, -0.15) is 0 Å². The second kappa shape index (κ2) is 12.1. The molecule has 0 fully saturated rings. The summed E-state index contributed by atoms with van der Waals surface area (Å²) in [5.41, 5.74) is 3.60. The summed E-state index contributed by atoms with van der Waals surface area (Å²) in [6.07, 6.45) is 0.298. The van der Waals surface area contributed by atoms with Crippen molar-refractivity contribution in [3.63, 3.8) is 0 Å². The normalized spacial score (nSPS) is 19.6. The summed E-state index contributed by atoms with van der Waals surface area (Å²) >= 11 is 0. The molecule has 0 bridgehead atoms. The van der Waals surface area contributed by atoms with Crippen LogP contribution in [0, 0.1) is 0 Å². The molecule has 0 saturated heterocycles. The van der Waals surface area contributed by atoms with E-state index in [4.69, 9.17) is 24.3 Å². The predicted octanol–water partition coefficient (Wildman–Crippen LogP) is 5.50. The van der Waals surface area contributed by atoms with Crippen LogP contribution in [0.1, 0.15) is 40.3 Å². The van der Waals surface area contributed by atoms with E-state index >= 15 is 0 Å². The highest BCUT2D eigenvalue weighted by Crippen LogP contribution is 2.46. The number of aliphatic hydroxyl groups is 1. The number of rotatable bonds is 9. The van der Waals surface area contributed by atoms with Crippen LogP contribution in [-0.4, -0.2) is 47.7 Å². The van der Waals surface area contributed by atoms with Crippen molar-refractivity contribution in [2.24, 2.45) is 4.99 Å². The van der Waals surface area contributed by atoms with Crippen LogP contribution in [0.5, 0.6) is 11.5 Å². The second-order valence-corrected chi connectivity index (χ2v) is 10.7. The van der Waals surface area contributed by atoms with Gasteiger partial charge in [-0.15, -0.1) is 0 Å². The third-order valence-corrected chi connectivity index (χ3v) is 7.85. The lowest BCUT2D eigenvalue weighted by Crippen LogP contribution is -2.49. The quantitative estimate of drug-likeness (QED) is 0.273. The minimum absolute atomic E-state index is 0.0747. The molecule has 7 heteroatoms. The minimum atomic E-state index is -1.22. The highest BCUT2D eigenvalue weighted by atomic mass is 16.5. The van der Waals surface area contributed by atoms with Gasteiger partial charge in [-0.05, 0) is 58.7 Å². The van der Waals surface area contributed by atoms with Crippen molar-refractivity contribution in [3.05, 3.63) is 131 Å². The van der Waals surface area contributed by atoms with E-state index in [1.807, 2.05) is 95.9 Å². The van der Waals surface area contributed by atoms with Gasteiger partial charge < -0.3 is 24.2 Å². The summed E-state index contributed by atoms with van der Waals surface area (Å²) in [4.78, 5) is 21.9. The molecule has 6 rings (SSSR count). The standard InChI is InChI=1S/C35H34N2O5/c1-40-31-14-7-13-27(21-31)32-35(36-33(42-32)26-15-17-30(18-16-26)41-20-8-19-38)22-28-11-5-6-12-29(28)24-37(34(35)39)23-25-9-3-2-4-10-25/h2-7,9-18,21,32,38H,8,19-20,22-24H2,1H3/t32-,35-/m1/s1. The third kappa shape index (κ3) is 5.48. The molecule has 214 valence electrons. The van der Waals surface area contributed by atoms with Crippen LogP contribution in [0.15, 0.2) is 108 Å². The molecular formula is C35H34N2O5. The Labute approximate surface area is 246 Å². The van der Waals surface area contributed by atoms with E-state index in [1.54, 1.807) is 7.11 Å². The van der Waals surface area contributed by atoms with E-state index in [9.17, 15) is 4.79 Å². The van der Waals surface area contributed by atoms with Crippen LogP contribution >= 0.6 is 0 Å². The fourth-order valence-corrected chi connectivity index (χ4v) is 5.73. The van der Waals surface area contributed by atoms with Crippen molar-refractivity contribution in [2.75, 3.05) is 20.3 Å². The topological polar surface area (TPSA) is 80.6 Å². The maximum absolute atomic E-state index is 14.8. The maximum Gasteiger partial charge on any atom is 0.255 e. The van der Waals surface area contributed by atoms with E-state index in [0.29, 0.717) is 49.9 Å². The highest BCUT2D eigenvalue weighted by molar-refractivity contribution is 6.01. The number of nitrogens with zero attached hydrogens (tertiary/aromatic N) is 2. The Bertz CT molecular complexity index is 1570. The van der Waals surface area contributed by atoms with Crippen LogP contribution < -0.4 is 9.47 Å². The number of hydrogen-bond donors (Lipinski definition) is 1. The molecule has 4 aromatic rings. The number of carbonyl (C=O) groups excluding carboxylic acids is 1. The van der Waals surface area contributed by atoms with E-state index in [1.165, 1.54) is 0 Å². The second-order valence-electron chi connectivity index (χ2n) is 10.7. The lowest BCUT2D eigenvalue weighted by atomic mass is 9.81. The van der Waals surface area contributed by atoms with Crippen molar-refractivity contribution in [2.45, 2.75) is 37.6 Å². The summed E-state index contributed by atoms with van der Waals surface area (Å²) in [5.74, 6) is 1.72. The number of hydrogen-bond acceptors (Lipinski definition) is 6. The van der Waals surface area contributed by atoms with Crippen molar-refractivity contribution >= 4 is 11.8 Å². The lowest BCUT2D eigenvalue weighted by Gasteiger charge is -2.33. The van der Waals surface area contributed by atoms with Gasteiger partial charge in [0.1, 0.15) is 11.5 Å². The molecule has 1 amide bonds. The highest BCUT2D eigenvalue weighted by Gasteiger charge is 2.56. The summed E-state index contributed by atoms with van der Waals surface area (Å²) in [7, 11) is 1.63. The summed E-state index contributed by atoms with van der Waals surface area (Å²) in [6, 6.07) is 33.5. The smallest absolute Gasteiger partial charge is 0.255 e. The van der Waals surface area contributed by atoms with E-state index in [0.717, 1.165) is 27.8 Å². The first-order chi connectivity index (χ1) is 20.6. The van der Waals surface area contributed by atoms with Crippen LogP contribution in [0.25, 0.3) is 0 Å². The molecule has 1 N–H and O–H groups in total. The molecule has 2 aliphatic rings. The van der Waals surface area contributed by atoms with E-state index in [2.05, 4.69) is 12.1 Å². The third-order valence-electron chi connectivity index (χ3n) is 7.85. The van der Waals surface area contributed by atoms with Gasteiger partial charge in [0.2, 0.25) is 5.90 Å². The molecule has 42 heavy (non-hydrogen) atoms. The van der Waals surface area contributed by atoms with Crippen molar-refractivity contribution in [3.8, 4) is 11.5 Å². The number of fused-ring (bicyclic) bond motifs is 1. The summed E-state index contributed by atoms with van der Waals surface area (Å²) < 4.78 is 17.9. The van der Waals surface area contributed by atoms with Crippen molar-refractivity contribution in [1.29, 1.82) is 0 Å². The average Bonchev–Trinajstić information content (AvgIpc) is 3.37. The van der Waals surface area contributed by atoms with Crippen LogP contribution in [0.2, 0.25) is 0 Å². The molecule has 7 nitrogen and oxygen atoms in total. The van der Waals surface area contributed by atoms with Gasteiger partial charge in [0.15, 0.2) is 11.6 Å². The number of aliphatic hydroxyl groups excluding tert-OH is 1. The summed E-state index contributed by atoms with van der Waals surface area (Å²) in [6.45, 7) is 1.46. The van der Waals surface area contributed by atoms with Gasteiger partial charge >= 0.3 is 0 Å². The first kappa shape index (κ1) is 27.5. The van der Waals surface area contributed by atoms with Gasteiger partial charge in [-0.3, -0.25) is 4.79 Å². The molecule has 2 heterocycles. The van der Waals surface area contributed by atoms with E-state index < -0.39 is 11.6 Å². The SMILES string of the molecule is COc1cccc([C@H]2OC(c3ccc(OCCCO)cc3)=N[C@]23Cc2ccccc2CN(Cc2ccccc2)C3=O)c1. The zero-order valence-electron chi connectivity index (χ0n) is 23.6. The molecule has 2 atom stereocenters. The number of benzene rings is 4. The summed E-state index contributed by atoms with van der Waals surface area (Å²) in [5, 5.41) is 9.06. The first-order valence-electron chi connectivity index (χ1n) is 14.2. The lowest BCUT2D eigenvalue weighted by molar-refractivity contribution is -0.140. The molecule has 0 aromatic heterocycles. The number of amides is 1. The average molecular weight is 563 g/mol. The van der Waals surface area contributed by atoms with Crippen LogP contribution in [0.4, 0.5) is 0 Å². The molecule has 2 aliphatic heterocycles. The Morgan fingerprint density at radius 2 is 1.69 bits per heavy atom. The van der Waals surface area contributed by atoms with Gasteiger partial charge in [0.05, 0.1) is 13.7 Å². The molecule has 0 saturated carbocycles. The Kier molecular flexibility index (Phi) is 7.93. The van der Waals surface area contributed by atoms with Gasteiger partial charge in [0, 0.05) is 38.1 Å². The van der Waals surface area contributed by atoms with Gasteiger partial charge in [0.25, 0.3) is 5.91 Å². The van der Waals surface area contributed by atoms with Gasteiger partial charge in [-0.1, -0.05) is 66.7 Å². The molecule has 1 spiro atoms. The molecule has 0 aliphatic carbocycles. The molecule has 0 unspecified atom stereocenters. The van der Waals surface area contributed by atoms with E-state index in [-0.39, 0.29) is 12.5 Å². The number of aliphatic imine (C=N–C) groups is 1. The van der Waals surface area contributed by atoms with Crippen LogP contribution in [-0.2, 0) is 29.0 Å². The monoisotopic (exact) mass is 562 g/mol. The minimum Gasteiger partial charge on any atom is -0.497 e. The van der Waals surface area contributed by atoms with Gasteiger partial charge in [-0.25, -0.2) is 4.99 Å². The fraction of sp³-hybridized carbons (Fsp3) is 0.257. The van der Waals surface area contributed by atoms with Crippen molar-refractivity contribution in [1.82, 2.24) is 4.90 Å². The van der Waals surface area contributed by atoms with Crippen molar-refractivity contribution < 1.29 is 24.1 Å². The predicted molar refractivity (Wildman–Crippen MR) is 161 cm³/mol. The zero-order chi connectivity index (χ0) is 28.9.